The van der Waals surface area contributed by atoms with Gasteiger partial charge < -0.3 is 40.1 Å². The Labute approximate surface area is 175 Å². The minimum Gasteiger partial charge on any atom is -0.507 e. The highest BCUT2D eigenvalue weighted by Crippen LogP contribution is 2.49. The lowest BCUT2D eigenvalue weighted by molar-refractivity contribution is -0.313. The highest BCUT2D eigenvalue weighted by molar-refractivity contribution is 6.16. The number of carbonyl (C=O) groups excluding carboxylic acids is 2. The van der Waals surface area contributed by atoms with E-state index in [1.54, 1.807) is 0 Å². The summed E-state index contributed by atoms with van der Waals surface area (Å²) in [6.45, 7) is 1.04. The predicted octanol–water partition coefficient (Wildman–Crippen LogP) is -0.751. The Morgan fingerprint density at radius 3 is 1.94 bits per heavy atom. The number of rotatable bonds is 2. The summed E-state index contributed by atoms with van der Waals surface area (Å²) in [5.41, 5.74) is -3.39. The van der Waals surface area contributed by atoms with Crippen LogP contribution in [0.15, 0.2) is 36.4 Å². The van der Waals surface area contributed by atoms with Crippen LogP contribution in [0.3, 0.4) is 0 Å². The molecule has 1 aliphatic carbocycles. The Morgan fingerprint density at radius 1 is 0.935 bits per heavy atom. The molecule has 1 fully saturated rings. The van der Waals surface area contributed by atoms with Crippen molar-refractivity contribution < 1.29 is 49.7 Å². The lowest BCUT2D eigenvalue weighted by Gasteiger charge is -2.48. The number of carbonyl (C=O) groups is 2. The monoisotopic (exact) mass is 432 g/mol. The lowest BCUT2D eigenvalue weighted by atomic mass is 9.68. The van der Waals surface area contributed by atoms with E-state index < -0.39 is 59.6 Å². The molecule has 5 unspecified atom stereocenters. The van der Waals surface area contributed by atoms with Crippen LogP contribution in [0.4, 0.5) is 0 Å². The van der Waals surface area contributed by atoms with E-state index in [4.69, 9.17) is 9.47 Å². The topological polar surface area (TPSA) is 174 Å². The summed E-state index contributed by atoms with van der Waals surface area (Å²) in [6.07, 6.45) is -9.15. The van der Waals surface area contributed by atoms with Crippen molar-refractivity contribution in [3.8, 4) is 11.5 Å². The summed E-state index contributed by atoms with van der Waals surface area (Å²) in [7, 11) is 0. The Balaban J connectivity index is 1.96. The summed E-state index contributed by atoms with van der Waals surface area (Å²) in [5.74, 6) is -2.60. The van der Waals surface area contributed by atoms with Crippen molar-refractivity contribution in [2.24, 2.45) is 0 Å². The van der Waals surface area contributed by atoms with Crippen LogP contribution in [0, 0.1) is 0 Å². The Bertz CT molecular complexity index is 1010. The molecule has 164 valence electrons. The van der Waals surface area contributed by atoms with Crippen molar-refractivity contribution in [3.63, 3.8) is 0 Å². The highest BCUT2D eigenvalue weighted by atomic mass is 16.7. The van der Waals surface area contributed by atoms with Crippen LogP contribution >= 0.6 is 0 Å². The van der Waals surface area contributed by atoms with Gasteiger partial charge in [-0.3, -0.25) is 9.59 Å². The zero-order valence-electron chi connectivity index (χ0n) is 16.2. The quantitative estimate of drug-likeness (QED) is 0.331. The molecular formula is C21H20O10. The van der Waals surface area contributed by atoms with Crippen molar-refractivity contribution in [1.29, 1.82) is 0 Å². The maximum atomic E-state index is 13.0. The van der Waals surface area contributed by atoms with Crippen molar-refractivity contribution in [3.05, 3.63) is 58.7 Å². The van der Waals surface area contributed by atoms with Crippen LogP contribution in [0.1, 0.15) is 34.0 Å². The van der Waals surface area contributed by atoms with Gasteiger partial charge in [0.2, 0.25) is 12.1 Å². The fraction of sp³-hybridized carbons (Fsp3) is 0.333. The molecule has 0 amide bonds. The average molecular weight is 432 g/mol. The molecule has 2 aromatic rings. The number of aliphatic hydroxyl groups is 4. The summed E-state index contributed by atoms with van der Waals surface area (Å²) in [5, 5.41) is 63.8. The number of ether oxygens (including phenoxy) is 2. The van der Waals surface area contributed by atoms with Gasteiger partial charge in [-0.25, -0.2) is 0 Å². The van der Waals surface area contributed by atoms with Gasteiger partial charge in [-0.15, -0.1) is 0 Å². The maximum absolute atomic E-state index is 13.0. The lowest BCUT2D eigenvalue weighted by Crippen LogP contribution is -2.65. The van der Waals surface area contributed by atoms with Gasteiger partial charge in [0.1, 0.15) is 41.5 Å². The molecule has 0 bridgehead atoms. The van der Waals surface area contributed by atoms with Crippen LogP contribution in [0.2, 0.25) is 0 Å². The molecule has 4 rings (SSSR count). The molecular weight excluding hydrogens is 412 g/mol. The van der Waals surface area contributed by atoms with Gasteiger partial charge in [-0.2, -0.15) is 0 Å². The molecule has 10 nitrogen and oxygen atoms in total. The second-order valence-electron chi connectivity index (χ2n) is 7.50. The van der Waals surface area contributed by atoms with E-state index in [-0.39, 0.29) is 22.3 Å². The van der Waals surface area contributed by atoms with Crippen molar-refractivity contribution in [2.75, 3.05) is 0 Å². The maximum Gasteiger partial charge on any atom is 0.305 e. The van der Waals surface area contributed by atoms with Gasteiger partial charge in [0.15, 0.2) is 0 Å². The number of hydrogen-bond acceptors (Lipinski definition) is 10. The fourth-order valence-corrected chi connectivity index (χ4v) is 4.22. The Kier molecular flexibility index (Phi) is 4.99. The molecule has 2 aromatic carbocycles. The standard InChI is InChI=1S/C21H20O10/c1-8(22)30-20-18(28)16(26)17(27)19(31-20)21(29)9-4-2-6-11(23)13(9)15(25)14-10(21)5-3-7-12(14)24/h2-7,16-20,23-24,26-29H,1H3. The number of fused-ring (bicyclic) bond motifs is 2. The van der Waals surface area contributed by atoms with Crippen molar-refractivity contribution >= 4 is 11.8 Å². The van der Waals surface area contributed by atoms with Gasteiger partial charge in [-0.05, 0) is 12.1 Å². The van der Waals surface area contributed by atoms with E-state index in [0.29, 0.717) is 0 Å². The summed E-state index contributed by atoms with van der Waals surface area (Å²) < 4.78 is 10.4. The van der Waals surface area contributed by atoms with Crippen molar-refractivity contribution in [1.82, 2.24) is 0 Å². The van der Waals surface area contributed by atoms with E-state index in [1.165, 1.54) is 36.4 Å². The number of benzene rings is 2. The molecule has 31 heavy (non-hydrogen) atoms. The minimum atomic E-state index is -2.39. The zero-order valence-corrected chi connectivity index (χ0v) is 16.2. The normalized spacial score (nSPS) is 29.1. The summed E-state index contributed by atoms with van der Waals surface area (Å²) >= 11 is 0. The highest BCUT2D eigenvalue weighted by Gasteiger charge is 2.58. The number of phenolic OH excluding ortho intramolecular Hbond substituents is 2. The van der Waals surface area contributed by atoms with Crippen molar-refractivity contribution in [2.45, 2.75) is 43.2 Å². The largest absolute Gasteiger partial charge is 0.507 e. The number of aliphatic hydroxyl groups excluding tert-OH is 3. The van der Waals surface area contributed by atoms with Gasteiger partial charge in [0.25, 0.3) is 0 Å². The number of esters is 1. The van der Waals surface area contributed by atoms with Crippen LogP contribution in [0.25, 0.3) is 0 Å². The first-order valence-corrected chi connectivity index (χ1v) is 9.37. The van der Waals surface area contributed by atoms with Crippen LogP contribution in [-0.2, 0) is 19.9 Å². The van der Waals surface area contributed by atoms with E-state index in [0.717, 1.165) is 6.92 Å². The second kappa shape index (κ2) is 7.29. The Morgan fingerprint density at radius 2 is 1.45 bits per heavy atom. The molecule has 1 saturated heterocycles. The zero-order chi connectivity index (χ0) is 22.7. The summed E-state index contributed by atoms with van der Waals surface area (Å²) in [6, 6.07) is 7.75. The Hall–Kier alpha value is -3.02. The molecule has 5 atom stereocenters. The van der Waals surface area contributed by atoms with Gasteiger partial charge in [0, 0.05) is 18.1 Å². The molecule has 10 heteroatoms. The van der Waals surface area contributed by atoms with E-state index in [9.17, 15) is 40.2 Å². The number of ketones is 1. The predicted molar refractivity (Wildman–Crippen MR) is 101 cm³/mol. The van der Waals surface area contributed by atoms with E-state index in [1.807, 2.05) is 0 Å². The first kappa shape index (κ1) is 21.2. The number of aromatic hydroxyl groups is 2. The summed E-state index contributed by atoms with van der Waals surface area (Å²) in [4.78, 5) is 24.4. The van der Waals surface area contributed by atoms with Gasteiger partial charge >= 0.3 is 5.97 Å². The third kappa shape index (κ3) is 2.99. The SMILES string of the molecule is CC(=O)OC1OC(C2(O)c3cccc(O)c3C(=O)c3c(O)cccc32)C(O)C(O)C1O. The molecule has 2 aliphatic rings. The molecule has 6 N–H and O–H groups in total. The van der Waals surface area contributed by atoms with Crippen LogP contribution in [0.5, 0.6) is 11.5 Å². The van der Waals surface area contributed by atoms with Gasteiger partial charge in [-0.1, -0.05) is 24.3 Å². The second-order valence-corrected chi connectivity index (χ2v) is 7.50. The van der Waals surface area contributed by atoms with E-state index >= 15 is 0 Å². The molecule has 1 heterocycles. The van der Waals surface area contributed by atoms with E-state index in [2.05, 4.69) is 0 Å². The average Bonchev–Trinajstić information content (AvgIpc) is 2.72. The molecule has 0 radical (unpaired) electrons. The first-order valence-electron chi connectivity index (χ1n) is 9.37. The van der Waals surface area contributed by atoms with Crippen LogP contribution in [-0.4, -0.2) is 73.1 Å². The smallest absolute Gasteiger partial charge is 0.305 e. The minimum absolute atomic E-state index is 0.162. The third-order valence-corrected chi connectivity index (χ3v) is 5.62. The molecule has 0 spiro atoms. The first-order chi connectivity index (χ1) is 14.6. The van der Waals surface area contributed by atoms with Crippen LogP contribution < -0.4 is 0 Å². The number of phenols is 2. The van der Waals surface area contributed by atoms with Gasteiger partial charge in [0.05, 0.1) is 11.1 Å². The third-order valence-electron chi connectivity index (χ3n) is 5.62. The molecule has 0 saturated carbocycles. The number of hydrogen-bond donors (Lipinski definition) is 6. The molecule has 0 aromatic heterocycles. The fourth-order valence-electron chi connectivity index (χ4n) is 4.22. The molecule has 1 aliphatic heterocycles.